The smallest absolute Gasteiger partial charge is 0.344 e. The van der Waals surface area contributed by atoms with Crippen LogP contribution in [0.5, 0.6) is 17.2 Å². The summed E-state index contributed by atoms with van der Waals surface area (Å²) in [6.07, 6.45) is 0. The number of carbonyl (C=O) groups is 1. The maximum absolute atomic E-state index is 11.8. The quantitative estimate of drug-likeness (QED) is 0.543. The van der Waals surface area contributed by atoms with Gasteiger partial charge in [0.25, 0.3) is 0 Å². The van der Waals surface area contributed by atoms with Crippen LogP contribution >= 0.6 is 11.3 Å². The normalized spacial score (nSPS) is 10.2. The predicted octanol–water partition coefficient (Wildman–Crippen LogP) is 4.03. The highest BCUT2D eigenvalue weighted by molar-refractivity contribution is 7.13. The van der Waals surface area contributed by atoms with Crippen molar-refractivity contribution in [3.8, 4) is 17.2 Å². The van der Waals surface area contributed by atoms with Crippen molar-refractivity contribution < 1.29 is 23.7 Å². The number of aromatic nitrogens is 1. The van der Waals surface area contributed by atoms with Crippen LogP contribution in [0.25, 0.3) is 0 Å². The van der Waals surface area contributed by atoms with Gasteiger partial charge in [0.05, 0.1) is 19.9 Å². The third-order valence-corrected chi connectivity index (χ3v) is 4.50. The van der Waals surface area contributed by atoms with Crippen molar-refractivity contribution in [3.05, 3.63) is 59.6 Å². The molecule has 1 aromatic heterocycles. The summed E-state index contributed by atoms with van der Waals surface area (Å²) < 4.78 is 20.8. The van der Waals surface area contributed by atoms with Gasteiger partial charge in [-0.3, -0.25) is 0 Å². The van der Waals surface area contributed by atoms with Crippen LogP contribution in [0, 0.1) is 0 Å². The Bertz CT molecular complexity index is 894. The monoisotopic (exact) mass is 400 g/mol. The van der Waals surface area contributed by atoms with Gasteiger partial charge >= 0.3 is 5.97 Å². The van der Waals surface area contributed by atoms with Crippen molar-refractivity contribution in [1.82, 2.24) is 4.98 Å². The van der Waals surface area contributed by atoms with Gasteiger partial charge in [0.2, 0.25) is 0 Å². The van der Waals surface area contributed by atoms with Gasteiger partial charge in [-0.15, -0.1) is 11.3 Å². The van der Waals surface area contributed by atoms with E-state index in [1.165, 1.54) is 11.3 Å². The van der Waals surface area contributed by atoms with E-state index in [0.29, 0.717) is 16.6 Å². The van der Waals surface area contributed by atoms with Gasteiger partial charge in [0.1, 0.15) is 23.9 Å². The number of anilines is 2. The van der Waals surface area contributed by atoms with Crippen molar-refractivity contribution >= 4 is 28.1 Å². The SMILES string of the molecule is COc1ccc(Nc2nc(COC(=O)COc3ccc(OC)cc3)cs2)cc1. The molecule has 0 aliphatic rings. The van der Waals surface area contributed by atoms with E-state index in [1.807, 2.05) is 29.6 Å². The zero-order chi connectivity index (χ0) is 19.8. The van der Waals surface area contributed by atoms with E-state index in [9.17, 15) is 4.79 Å². The lowest BCUT2D eigenvalue weighted by Crippen LogP contribution is -2.14. The number of benzene rings is 2. The molecule has 0 aliphatic carbocycles. The average molecular weight is 400 g/mol. The molecule has 0 fully saturated rings. The Hall–Kier alpha value is -3.26. The number of nitrogens with zero attached hydrogens (tertiary/aromatic N) is 1. The van der Waals surface area contributed by atoms with E-state index >= 15 is 0 Å². The summed E-state index contributed by atoms with van der Waals surface area (Å²) >= 11 is 1.43. The van der Waals surface area contributed by atoms with Gasteiger partial charge in [0, 0.05) is 11.1 Å². The Morgan fingerprint density at radius 3 is 2.21 bits per heavy atom. The Morgan fingerprint density at radius 2 is 1.57 bits per heavy atom. The van der Waals surface area contributed by atoms with Crippen molar-refractivity contribution in [1.29, 1.82) is 0 Å². The zero-order valence-corrected chi connectivity index (χ0v) is 16.3. The second-order valence-electron chi connectivity index (χ2n) is 5.62. The van der Waals surface area contributed by atoms with Gasteiger partial charge < -0.3 is 24.3 Å². The third kappa shape index (κ3) is 5.62. The summed E-state index contributed by atoms with van der Waals surface area (Å²) in [7, 11) is 3.21. The largest absolute Gasteiger partial charge is 0.497 e. The lowest BCUT2D eigenvalue weighted by atomic mass is 10.3. The molecule has 0 saturated carbocycles. The van der Waals surface area contributed by atoms with Crippen molar-refractivity contribution in [2.24, 2.45) is 0 Å². The molecular weight excluding hydrogens is 380 g/mol. The zero-order valence-electron chi connectivity index (χ0n) is 15.5. The second kappa shape index (κ2) is 9.61. The number of thiazole rings is 1. The molecule has 3 aromatic rings. The van der Waals surface area contributed by atoms with Gasteiger partial charge in [-0.05, 0) is 48.5 Å². The molecule has 7 nitrogen and oxygen atoms in total. The molecule has 8 heteroatoms. The minimum Gasteiger partial charge on any atom is -0.497 e. The number of hydrogen-bond donors (Lipinski definition) is 1. The Kier molecular flexibility index (Phi) is 6.69. The Labute approximate surface area is 166 Å². The minimum atomic E-state index is -0.464. The number of hydrogen-bond acceptors (Lipinski definition) is 8. The van der Waals surface area contributed by atoms with Gasteiger partial charge in [-0.25, -0.2) is 9.78 Å². The van der Waals surface area contributed by atoms with Crippen LogP contribution in [0.2, 0.25) is 0 Å². The van der Waals surface area contributed by atoms with Crippen molar-refractivity contribution in [2.75, 3.05) is 26.1 Å². The minimum absolute atomic E-state index is 0.0889. The Morgan fingerprint density at radius 1 is 0.964 bits per heavy atom. The molecule has 3 rings (SSSR count). The summed E-state index contributed by atoms with van der Waals surface area (Å²) in [5.74, 6) is 1.61. The number of methoxy groups -OCH3 is 2. The van der Waals surface area contributed by atoms with E-state index in [2.05, 4.69) is 10.3 Å². The first-order valence-electron chi connectivity index (χ1n) is 8.44. The molecule has 0 radical (unpaired) electrons. The predicted molar refractivity (Wildman–Crippen MR) is 107 cm³/mol. The van der Waals surface area contributed by atoms with Crippen molar-refractivity contribution in [3.63, 3.8) is 0 Å². The summed E-state index contributed by atoms with van der Waals surface area (Å²) in [5.41, 5.74) is 1.56. The summed E-state index contributed by atoms with van der Waals surface area (Å²) in [5, 5.41) is 5.75. The highest BCUT2D eigenvalue weighted by Crippen LogP contribution is 2.23. The molecule has 0 unspecified atom stereocenters. The standard InChI is InChI=1S/C20H20N2O5S/c1-24-16-5-3-14(4-6-16)21-20-22-15(13-28-20)11-27-19(23)12-26-18-9-7-17(25-2)8-10-18/h3-10,13H,11-12H2,1-2H3,(H,21,22). The summed E-state index contributed by atoms with van der Waals surface area (Å²) in [6, 6.07) is 14.5. The van der Waals surface area contributed by atoms with Crippen LogP contribution in [0.4, 0.5) is 10.8 Å². The molecule has 0 atom stereocenters. The number of ether oxygens (including phenoxy) is 4. The van der Waals surface area contributed by atoms with E-state index in [-0.39, 0.29) is 13.2 Å². The van der Waals surface area contributed by atoms with E-state index < -0.39 is 5.97 Å². The molecule has 28 heavy (non-hydrogen) atoms. The highest BCUT2D eigenvalue weighted by Gasteiger charge is 2.08. The van der Waals surface area contributed by atoms with Crippen LogP contribution in [0.15, 0.2) is 53.9 Å². The first-order valence-corrected chi connectivity index (χ1v) is 9.32. The van der Waals surface area contributed by atoms with Crippen LogP contribution in [-0.4, -0.2) is 31.8 Å². The lowest BCUT2D eigenvalue weighted by Gasteiger charge is -2.07. The fraction of sp³-hybridized carbons (Fsp3) is 0.200. The Balaban J connectivity index is 1.43. The van der Waals surface area contributed by atoms with Gasteiger partial charge in [-0.2, -0.15) is 0 Å². The van der Waals surface area contributed by atoms with Crippen LogP contribution < -0.4 is 19.5 Å². The molecular formula is C20H20N2O5S. The summed E-state index contributed by atoms with van der Waals surface area (Å²) in [6.45, 7) is -0.0843. The van der Waals surface area contributed by atoms with E-state index in [1.54, 1.807) is 38.5 Å². The molecule has 0 amide bonds. The molecule has 1 heterocycles. The number of esters is 1. The first-order chi connectivity index (χ1) is 13.7. The first kappa shape index (κ1) is 19.5. The molecule has 146 valence electrons. The third-order valence-electron chi connectivity index (χ3n) is 3.69. The van der Waals surface area contributed by atoms with E-state index in [0.717, 1.165) is 17.2 Å². The summed E-state index contributed by atoms with van der Waals surface area (Å²) in [4.78, 5) is 16.2. The molecule has 1 N–H and O–H groups in total. The van der Waals surface area contributed by atoms with Crippen LogP contribution in [0.3, 0.4) is 0 Å². The lowest BCUT2D eigenvalue weighted by molar-refractivity contribution is -0.147. The fourth-order valence-corrected chi connectivity index (χ4v) is 2.95. The van der Waals surface area contributed by atoms with Gasteiger partial charge in [-0.1, -0.05) is 0 Å². The average Bonchev–Trinajstić information content (AvgIpc) is 3.19. The number of rotatable bonds is 9. The molecule has 0 bridgehead atoms. The maximum Gasteiger partial charge on any atom is 0.344 e. The van der Waals surface area contributed by atoms with Crippen LogP contribution in [0.1, 0.15) is 5.69 Å². The van der Waals surface area contributed by atoms with E-state index in [4.69, 9.17) is 18.9 Å². The van der Waals surface area contributed by atoms with Gasteiger partial charge in [0.15, 0.2) is 11.7 Å². The molecule has 0 spiro atoms. The highest BCUT2D eigenvalue weighted by atomic mass is 32.1. The molecule has 0 aliphatic heterocycles. The topological polar surface area (TPSA) is 78.9 Å². The van der Waals surface area contributed by atoms with Crippen LogP contribution in [-0.2, 0) is 16.1 Å². The van der Waals surface area contributed by atoms with Crippen molar-refractivity contribution in [2.45, 2.75) is 6.61 Å². The second-order valence-corrected chi connectivity index (χ2v) is 6.48. The molecule has 0 saturated heterocycles. The fourth-order valence-electron chi connectivity index (χ4n) is 2.24. The number of carbonyl (C=O) groups excluding carboxylic acids is 1. The maximum atomic E-state index is 11.8. The number of nitrogens with one attached hydrogen (secondary N) is 1. The molecule has 2 aromatic carbocycles.